The van der Waals surface area contributed by atoms with Crippen molar-refractivity contribution in [2.75, 3.05) is 35.6 Å². The zero-order valence-electron chi connectivity index (χ0n) is 16.5. The van der Waals surface area contributed by atoms with Gasteiger partial charge in [0.05, 0.1) is 11.9 Å². The fraction of sp³-hybridized carbons (Fsp3) is 0.350. The Morgan fingerprint density at radius 2 is 1.79 bits per heavy atom. The van der Waals surface area contributed by atoms with Gasteiger partial charge in [0, 0.05) is 30.8 Å². The number of hydrogen-bond donors (Lipinski definition) is 1. The van der Waals surface area contributed by atoms with Gasteiger partial charge in [-0.2, -0.15) is 0 Å². The molecule has 2 aromatic carbocycles. The Hall–Kier alpha value is -2.25. The van der Waals surface area contributed by atoms with Crippen molar-refractivity contribution in [2.45, 2.75) is 19.9 Å². The highest BCUT2D eigenvalue weighted by Gasteiger charge is 2.29. The van der Waals surface area contributed by atoms with Crippen LogP contribution in [0.4, 0.5) is 11.4 Å². The summed E-state index contributed by atoms with van der Waals surface area (Å²) in [6.07, 6.45) is 1.08. The minimum absolute atomic E-state index is 0.363. The Balaban J connectivity index is 2.06. The van der Waals surface area contributed by atoms with E-state index in [1.54, 1.807) is 25.1 Å². The molecule has 0 saturated heterocycles. The summed E-state index contributed by atoms with van der Waals surface area (Å²) in [5.74, 6) is -0.372. The molecular weight excluding hydrogens is 398 g/mol. The van der Waals surface area contributed by atoms with Gasteiger partial charge in [-0.25, -0.2) is 8.42 Å². The molecule has 0 heterocycles. The molecule has 1 N–H and O–H groups in total. The number of nitrogens with zero attached hydrogens (tertiary/aromatic N) is 2. The standard InChI is InChI=1S/C20H26ClN3O3S/c1-15-10-11-18(14-19(15)21)24(28(4,26)27)16(2)20(25)22-12-13-23(3)17-8-6-5-7-9-17/h5-11,14,16H,12-13H2,1-4H3,(H,22,25)/t16-/m1/s1. The molecule has 0 aliphatic heterocycles. The molecule has 0 aliphatic carbocycles. The first-order valence-corrected chi connectivity index (χ1v) is 11.1. The molecule has 1 atom stereocenters. The lowest BCUT2D eigenvalue weighted by Crippen LogP contribution is -2.49. The zero-order chi connectivity index (χ0) is 20.9. The fourth-order valence-electron chi connectivity index (χ4n) is 2.83. The second-order valence-electron chi connectivity index (χ2n) is 6.72. The summed E-state index contributed by atoms with van der Waals surface area (Å²) in [4.78, 5) is 14.6. The van der Waals surface area contributed by atoms with Crippen molar-refractivity contribution in [2.24, 2.45) is 0 Å². The van der Waals surface area contributed by atoms with E-state index < -0.39 is 16.1 Å². The third-order valence-electron chi connectivity index (χ3n) is 4.44. The molecule has 0 radical (unpaired) electrons. The number of carbonyl (C=O) groups is 1. The molecule has 8 heteroatoms. The van der Waals surface area contributed by atoms with Crippen LogP contribution < -0.4 is 14.5 Å². The van der Waals surface area contributed by atoms with Crippen LogP contribution in [-0.4, -0.2) is 46.8 Å². The Bertz CT molecular complexity index is 920. The number of hydrogen-bond acceptors (Lipinski definition) is 4. The molecule has 0 fully saturated rings. The van der Waals surface area contributed by atoms with Gasteiger partial charge in [-0.05, 0) is 43.7 Å². The summed E-state index contributed by atoms with van der Waals surface area (Å²) >= 11 is 6.14. The van der Waals surface area contributed by atoms with Crippen LogP contribution in [0.15, 0.2) is 48.5 Å². The number of sulfonamides is 1. The first kappa shape index (κ1) is 22.0. The van der Waals surface area contributed by atoms with Crippen molar-refractivity contribution in [3.63, 3.8) is 0 Å². The quantitative estimate of drug-likeness (QED) is 0.708. The van der Waals surface area contributed by atoms with E-state index in [2.05, 4.69) is 5.32 Å². The second kappa shape index (κ2) is 9.30. The highest BCUT2D eigenvalue weighted by atomic mass is 35.5. The largest absolute Gasteiger partial charge is 0.373 e. The third kappa shape index (κ3) is 5.62. The highest BCUT2D eigenvalue weighted by Crippen LogP contribution is 2.26. The zero-order valence-corrected chi connectivity index (χ0v) is 18.1. The second-order valence-corrected chi connectivity index (χ2v) is 8.98. The molecule has 2 rings (SSSR count). The van der Waals surface area contributed by atoms with Crippen LogP contribution in [0.5, 0.6) is 0 Å². The number of nitrogens with one attached hydrogen (secondary N) is 1. The topological polar surface area (TPSA) is 69.7 Å². The normalized spacial score (nSPS) is 12.3. The number of para-hydroxylation sites is 1. The number of anilines is 2. The molecule has 152 valence electrons. The maximum absolute atomic E-state index is 12.6. The summed E-state index contributed by atoms with van der Waals surface area (Å²) in [5, 5.41) is 3.26. The minimum atomic E-state index is -3.67. The van der Waals surface area contributed by atoms with Gasteiger partial charge < -0.3 is 10.2 Å². The summed E-state index contributed by atoms with van der Waals surface area (Å²) in [6.45, 7) is 4.37. The Morgan fingerprint density at radius 1 is 1.14 bits per heavy atom. The maximum Gasteiger partial charge on any atom is 0.243 e. The van der Waals surface area contributed by atoms with Gasteiger partial charge in [0.25, 0.3) is 0 Å². The molecule has 2 aromatic rings. The summed E-state index contributed by atoms with van der Waals surface area (Å²) in [7, 11) is -1.74. The van der Waals surface area contributed by atoms with E-state index in [-0.39, 0.29) is 5.91 Å². The van der Waals surface area contributed by atoms with Crippen molar-refractivity contribution >= 4 is 38.9 Å². The molecule has 0 spiro atoms. The van der Waals surface area contributed by atoms with Crippen LogP contribution in [0.1, 0.15) is 12.5 Å². The first-order valence-electron chi connectivity index (χ1n) is 8.90. The van der Waals surface area contributed by atoms with E-state index in [9.17, 15) is 13.2 Å². The van der Waals surface area contributed by atoms with E-state index in [0.717, 1.165) is 21.8 Å². The molecule has 1 amide bonds. The SMILES string of the molecule is Cc1ccc(N([C@H](C)C(=O)NCCN(C)c2ccccc2)S(C)(=O)=O)cc1Cl. The number of rotatable bonds is 8. The lowest BCUT2D eigenvalue weighted by atomic mass is 10.2. The predicted octanol–water partition coefficient (Wildman–Crippen LogP) is 3.06. The lowest BCUT2D eigenvalue weighted by molar-refractivity contribution is -0.121. The smallest absolute Gasteiger partial charge is 0.243 e. The van der Waals surface area contributed by atoms with E-state index in [1.165, 1.54) is 0 Å². The number of amides is 1. The van der Waals surface area contributed by atoms with Gasteiger partial charge in [0.15, 0.2) is 0 Å². The number of halogens is 1. The van der Waals surface area contributed by atoms with Gasteiger partial charge >= 0.3 is 0 Å². The molecule has 0 aromatic heterocycles. The fourth-order valence-corrected chi connectivity index (χ4v) is 4.18. The predicted molar refractivity (Wildman–Crippen MR) is 116 cm³/mol. The number of benzene rings is 2. The Morgan fingerprint density at radius 3 is 2.36 bits per heavy atom. The average Bonchev–Trinajstić information content (AvgIpc) is 2.64. The summed E-state index contributed by atoms with van der Waals surface area (Å²) in [5.41, 5.74) is 2.24. The van der Waals surface area contributed by atoms with Crippen molar-refractivity contribution in [3.8, 4) is 0 Å². The van der Waals surface area contributed by atoms with Gasteiger partial charge in [0.1, 0.15) is 6.04 Å². The highest BCUT2D eigenvalue weighted by molar-refractivity contribution is 7.92. The van der Waals surface area contributed by atoms with Crippen LogP contribution in [0, 0.1) is 6.92 Å². The van der Waals surface area contributed by atoms with E-state index >= 15 is 0 Å². The average molecular weight is 424 g/mol. The molecule has 0 aliphatic rings. The van der Waals surface area contributed by atoms with E-state index in [1.807, 2.05) is 49.2 Å². The van der Waals surface area contributed by atoms with Crippen molar-refractivity contribution in [1.29, 1.82) is 0 Å². The van der Waals surface area contributed by atoms with Crippen LogP contribution >= 0.6 is 11.6 Å². The lowest BCUT2D eigenvalue weighted by Gasteiger charge is -2.29. The number of likely N-dealkylation sites (N-methyl/N-ethyl adjacent to an activating group) is 1. The van der Waals surface area contributed by atoms with Crippen LogP contribution in [0.3, 0.4) is 0 Å². The monoisotopic (exact) mass is 423 g/mol. The van der Waals surface area contributed by atoms with Crippen LogP contribution in [-0.2, 0) is 14.8 Å². The minimum Gasteiger partial charge on any atom is -0.373 e. The van der Waals surface area contributed by atoms with Gasteiger partial charge in [-0.15, -0.1) is 0 Å². The van der Waals surface area contributed by atoms with Crippen molar-refractivity contribution < 1.29 is 13.2 Å². The Labute approximate surface area is 172 Å². The van der Waals surface area contributed by atoms with E-state index in [4.69, 9.17) is 11.6 Å². The third-order valence-corrected chi connectivity index (χ3v) is 6.09. The number of aryl methyl sites for hydroxylation is 1. The van der Waals surface area contributed by atoms with Crippen LogP contribution in [0.25, 0.3) is 0 Å². The number of carbonyl (C=O) groups excluding carboxylic acids is 1. The maximum atomic E-state index is 12.6. The molecule has 0 bridgehead atoms. The molecule has 0 saturated carbocycles. The first-order chi connectivity index (χ1) is 13.1. The van der Waals surface area contributed by atoms with Gasteiger partial charge in [-0.3, -0.25) is 9.10 Å². The molecular formula is C20H26ClN3O3S. The summed E-state index contributed by atoms with van der Waals surface area (Å²) < 4.78 is 25.8. The van der Waals surface area contributed by atoms with Crippen molar-refractivity contribution in [3.05, 3.63) is 59.1 Å². The summed E-state index contributed by atoms with van der Waals surface area (Å²) in [6, 6.07) is 13.8. The van der Waals surface area contributed by atoms with Crippen LogP contribution in [0.2, 0.25) is 5.02 Å². The van der Waals surface area contributed by atoms with E-state index in [0.29, 0.717) is 23.8 Å². The van der Waals surface area contributed by atoms with Gasteiger partial charge in [-0.1, -0.05) is 35.9 Å². The Kier molecular flexibility index (Phi) is 7.32. The molecule has 28 heavy (non-hydrogen) atoms. The molecule has 6 nitrogen and oxygen atoms in total. The van der Waals surface area contributed by atoms with Crippen molar-refractivity contribution in [1.82, 2.24) is 5.32 Å². The molecule has 0 unspecified atom stereocenters. The van der Waals surface area contributed by atoms with Gasteiger partial charge in [0.2, 0.25) is 15.9 Å².